The topological polar surface area (TPSA) is 0 Å². The van der Waals surface area contributed by atoms with Crippen molar-refractivity contribution in [3.05, 3.63) is 64.2 Å². The molecule has 2 aromatic carbocycles. The Hall–Kier alpha value is 1.29. The fraction of sp³-hybridized carbons (Fsp3) is 0. The van der Waals surface area contributed by atoms with Crippen LogP contribution in [0.3, 0.4) is 0 Å². The summed E-state index contributed by atoms with van der Waals surface area (Å²) in [5, 5.41) is 4.88. The van der Waals surface area contributed by atoms with Gasteiger partial charge in [-0.2, -0.15) is 0 Å². The molecule has 27 heavy (non-hydrogen) atoms. The standard InChI is InChI=1S/C16H6Cl8S3/c1-3-25-13-5(17)9(21)15(10(22)6(13)18)27-16-11(23)7(19)14(26-4-2)8(20)12(16)24/h3-4H,1-2H2. The van der Waals surface area contributed by atoms with Crippen LogP contribution in [0.15, 0.2) is 43.6 Å². The van der Waals surface area contributed by atoms with Gasteiger partial charge in [-0.15, -0.1) is 0 Å². The average Bonchev–Trinajstić information content (AvgIpc) is 2.65. The van der Waals surface area contributed by atoms with Crippen LogP contribution >= 0.6 is 128 Å². The highest BCUT2D eigenvalue weighted by molar-refractivity contribution is 8.02. The summed E-state index contributed by atoms with van der Waals surface area (Å²) in [4.78, 5) is 1.75. The van der Waals surface area contributed by atoms with Crippen molar-refractivity contribution >= 4 is 128 Å². The summed E-state index contributed by atoms with van der Waals surface area (Å²) in [6, 6.07) is 0. The van der Waals surface area contributed by atoms with Crippen LogP contribution in [0.2, 0.25) is 40.2 Å². The first-order valence-corrected chi connectivity index (χ1v) is 12.2. The van der Waals surface area contributed by atoms with Crippen molar-refractivity contribution in [1.29, 1.82) is 0 Å². The van der Waals surface area contributed by atoms with E-state index in [2.05, 4.69) is 13.2 Å². The molecule has 2 rings (SSSR count). The molecule has 0 N–H and O–H groups in total. The van der Waals surface area contributed by atoms with Crippen LogP contribution in [0.5, 0.6) is 0 Å². The molecule has 2 aromatic rings. The highest BCUT2D eigenvalue weighted by Gasteiger charge is 2.26. The van der Waals surface area contributed by atoms with Crippen LogP contribution in [0.25, 0.3) is 0 Å². The molecule has 0 atom stereocenters. The molecule has 0 nitrogen and oxygen atoms in total. The molecule has 0 aliphatic rings. The van der Waals surface area contributed by atoms with Crippen molar-refractivity contribution < 1.29 is 0 Å². The van der Waals surface area contributed by atoms with Gasteiger partial charge < -0.3 is 0 Å². The van der Waals surface area contributed by atoms with E-state index in [1.807, 2.05) is 0 Å². The molecule has 0 unspecified atom stereocenters. The molecule has 0 saturated carbocycles. The molecule has 0 fully saturated rings. The van der Waals surface area contributed by atoms with Crippen molar-refractivity contribution in [2.24, 2.45) is 0 Å². The van der Waals surface area contributed by atoms with E-state index in [9.17, 15) is 0 Å². The number of rotatable bonds is 6. The quantitative estimate of drug-likeness (QED) is 0.247. The van der Waals surface area contributed by atoms with Gasteiger partial charge >= 0.3 is 0 Å². The minimum Gasteiger partial charge on any atom is -0.0954 e. The Morgan fingerprint density at radius 3 is 0.889 bits per heavy atom. The number of hydrogen-bond donors (Lipinski definition) is 0. The molecule has 11 heteroatoms. The van der Waals surface area contributed by atoms with E-state index in [0.29, 0.717) is 19.6 Å². The van der Waals surface area contributed by atoms with Crippen molar-refractivity contribution in [1.82, 2.24) is 0 Å². The molecule has 0 heterocycles. The van der Waals surface area contributed by atoms with Gasteiger partial charge in [0, 0.05) is 0 Å². The van der Waals surface area contributed by atoms with Gasteiger partial charge in [-0.3, -0.25) is 0 Å². The SMILES string of the molecule is C=CSc1c(Cl)c(Cl)c(Sc2c(Cl)c(Cl)c(SC=C)c(Cl)c2Cl)c(Cl)c1Cl. The Balaban J connectivity index is 2.68. The van der Waals surface area contributed by atoms with E-state index in [-0.39, 0.29) is 40.2 Å². The molecule has 0 aliphatic heterocycles. The van der Waals surface area contributed by atoms with E-state index in [0.717, 1.165) is 11.8 Å². The molecule has 0 aromatic heterocycles. The Kier molecular flexibility index (Phi) is 9.59. The molecule has 0 radical (unpaired) electrons. The Morgan fingerprint density at radius 1 is 0.444 bits per heavy atom. The third-order valence-corrected chi connectivity index (χ3v) is 10.1. The fourth-order valence-electron chi connectivity index (χ4n) is 1.84. The van der Waals surface area contributed by atoms with Gasteiger partial charge in [0.25, 0.3) is 0 Å². The first-order valence-electron chi connectivity index (χ1n) is 6.62. The van der Waals surface area contributed by atoms with Crippen molar-refractivity contribution in [2.45, 2.75) is 19.6 Å². The minimum absolute atomic E-state index is 0.198. The van der Waals surface area contributed by atoms with Crippen LogP contribution in [0.4, 0.5) is 0 Å². The Morgan fingerprint density at radius 2 is 0.667 bits per heavy atom. The fourth-order valence-corrected chi connectivity index (χ4v) is 7.11. The summed E-state index contributed by atoms with van der Waals surface area (Å²) >= 11 is 54.5. The summed E-state index contributed by atoms with van der Waals surface area (Å²) in [6.07, 6.45) is 0. The molecule has 144 valence electrons. The van der Waals surface area contributed by atoms with Crippen molar-refractivity contribution in [2.75, 3.05) is 0 Å². The van der Waals surface area contributed by atoms with Gasteiger partial charge in [-0.25, -0.2) is 0 Å². The van der Waals surface area contributed by atoms with Crippen LogP contribution in [-0.4, -0.2) is 0 Å². The van der Waals surface area contributed by atoms with Crippen LogP contribution in [-0.2, 0) is 0 Å². The van der Waals surface area contributed by atoms with E-state index < -0.39 is 0 Å². The first-order chi connectivity index (χ1) is 12.7. The highest BCUT2D eigenvalue weighted by Crippen LogP contribution is 2.55. The second kappa shape index (κ2) is 10.5. The lowest BCUT2D eigenvalue weighted by atomic mass is 10.3. The Bertz CT molecular complexity index is 809. The second-order valence-corrected chi connectivity index (χ2v) is 10.5. The van der Waals surface area contributed by atoms with Crippen LogP contribution in [0.1, 0.15) is 0 Å². The highest BCUT2D eigenvalue weighted by atomic mass is 35.5. The molecule has 0 bridgehead atoms. The maximum Gasteiger partial charge on any atom is 0.0759 e. The van der Waals surface area contributed by atoms with E-state index in [1.54, 1.807) is 10.8 Å². The second-order valence-electron chi connectivity index (χ2n) is 4.50. The largest absolute Gasteiger partial charge is 0.0954 e. The van der Waals surface area contributed by atoms with Crippen LogP contribution < -0.4 is 0 Å². The maximum absolute atomic E-state index is 6.41. The zero-order valence-electron chi connectivity index (χ0n) is 12.8. The van der Waals surface area contributed by atoms with Gasteiger partial charge in [0.05, 0.1) is 59.8 Å². The molecule has 0 aliphatic carbocycles. The lowest BCUT2D eigenvalue weighted by Crippen LogP contribution is -1.90. The predicted molar refractivity (Wildman–Crippen MR) is 129 cm³/mol. The molecule has 0 spiro atoms. The number of halogens is 8. The minimum atomic E-state index is 0.198. The number of thioether (sulfide) groups is 2. The van der Waals surface area contributed by atoms with Gasteiger partial charge in [0.15, 0.2) is 0 Å². The summed E-state index contributed by atoms with van der Waals surface area (Å²) in [6.45, 7) is 7.27. The molecular formula is C16H6Cl8S3. The van der Waals surface area contributed by atoms with Gasteiger partial charge in [-0.05, 0) is 10.8 Å². The van der Waals surface area contributed by atoms with Crippen molar-refractivity contribution in [3.8, 4) is 0 Å². The van der Waals surface area contributed by atoms with Gasteiger partial charge in [0.2, 0.25) is 0 Å². The zero-order valence-corrected chi connectivity index (χ0v) is 21.3. The van der Waals surface area contributed by atoms with E-state index in [4.69, 9.17) is 92.8 Å². The maximum atomic E-state index is 6.41. The predicted octanol–water partition coefficient (Wildman–Crippen LogP) is 11.5. The summed E-state index contributed by atoms with van der Waals surface area (Å²) in [5.41, 5.74) is 0. The summed E-state index contributed by atoms with van der Waals surface area (Å²) < 4.78 is 0. The third-order valence-electron chi connectivity index (χ3n) is 2.97. The smallest absolute Gasteiger partial charge is 0.0759 e. The molecule has 0 saturated heterocycles. The third kappa shape index (κ3) is 4.97. The van der Waals surface area contributed by atoms with Crippen molar-refractivity contribution in [3.63, 3.8) is 0 Å². The lowest BCUT2D eigenvalue weighted by Gasteiger charge is -2.17. The summed E-state index contributed by atoms with van der Waals surface area (Å²) in [7, 11) is 0. The van der Waals surface area contributed by atoms with Crippen LogP contribution in [0, 0.1) is 0 Å². The van der Waals surface area contributed by atoms with Gasteiger partial charge in [0.1, 0.15) is 0 Å². The van der Waals surface area contributed by atoms with E-state index >= 15 is 0 Å². The molecular weight excluding hydrogens is 572 g/mol. The average molecular weight is 578 g/mol. The monoisotopic (exact) mass is 574 g/mol. The summed E-state index contributed by atoms with van der Waals surface area (Å²) in [5.74, 6) is 0. The first kappa shape index (κ1) is 24.6. The van der Waals surface area contributed by atoms with E-state index in [1.165, 1.54) is 23.5 Å². The number of benzene rings is 2. The Labute approximate surface area is 209 Å². The zero-order chi connectivity index (χ0) is 20.5. The number of hydrogen-bond acceptors (Lipinski definition) is 3. The normalized spacial score (nSPS) is 11.0. The lowest BCUT2D eigenvalue weighted by molar-refractivity contribution is 1.32. The van der Waals surface area contributed by atoms with Gasteiger partial charge in [-0.1, -0.05) is 141 Å². The molecule has 0 amide bonds.